The van der Waals surface area contributed by atoms with Crippen LogP contribution in [0.25, 0.3) is 0 Å². The average molecular weight is 303 g/mol. The third kappa shape index (κ3) is 2.61. The first kappa shape index (κ1) is 13.0. The molecular formula is C12H17NO2S3. The fourth-order valence-corrected chi connectivity index (χ4v) is 6.97. The van der Waals surface area contributed by atoms with E-state index in [0.717, 1.165) is 12.8 Å². The number of thiophene rings is 1. The zero-order chi connectivity index (χ0) is 12.8. The summed E-state index contributed by atoms with van der Waals surface area (Å²) in [6, 6.07) is 2.66. The largest absolute Gasteiger partial charge is 0.306 e. The van der Waals surface area contributed by atoms with Crippen LogP contribution in [0.3, 0.4) is 0 Å². The van der Waals surface area contributed by atoms with Crippen LogP contribution in [0.4, 0.5) is 0 Å². The minimum atomic E-state index is -2.79. The van der Waals surface area contributed by atoms with Crippen LogP contribution in [-0.2, 0) is 9.84 Å². The van der Waals surface area contributed by atoms with E-state index in [-0.39, 0.29) is 6.04 Å². The number of nitrogens with one attached hydrogen (secondary N) is 1. The van der Waals surface area contributed by atoms with E-state index in [2.05, 4.69) is 23.7 Å². The van der Waals surface area contributed by atoms with Crippen LogP contribution >= 0.6 is 23.1 Å². The number of hydrogen-bond donors (Lipinski definition) is 1. The van der Waals surface area contributed by atoms with Crippen molar-refractivity contribution in [2.45, 2.75) is 41.3 Å². The van der Waals surface area contributed by atoms with Gasteiger partial charge in [0.1, 0.15) is 0 Å². The van der Waals surface area contributed by atoms with Gasteiger partial charge in [-0.05, 0) is 29.9 Å². The monoisotopic (exact) mass is 303 g/mol. The van der Waals surface area contributed by atoms with Crippen LogP contribution in [0.5, 0.6) is 0 Å². The highest BCUT2D eigenvalue weighted by Gasteiger charge is 2.32. The van der Waals surface area contributed by atoms with Gasteiger partial charge < -0.3 is 5.32 Å². The van der Waals surface area contributed by atoms with Crippen molar-refractivity contribution in [3.8, 4) is 0 Å². The molecule has 2 aliphatic heterocycles. The van der Waals surface area contributed by atoms with Gasteiger partial charge in [0, 0.05) is 17.3 Å². The summed E-state index contributed by atoms with van der Waals surface area (Å²) in [5, 5.41) is 6.30. The van der Waals surface area contributed by atoms with Crippen molar-refractivity contribution in [2.24, 2.45) is 0 Å². The number of thioether (sulfide) groups is 1. The Kier molecular flexibility index (Phi) is 3.47. The van der Waals surface area contributed by atoms with E-state index in [0.29, 0.717) is 22.8 Å². The maximum absolute atomic E-state index is 11.5. The van der Waals surface area contributed by atoms with Gasteiger partial charge in [-0.25, -0.2) is 8.42 Å². The van der Waals surface area contributed by atoms with Crippen molar-refractivity contribution in [3.63, 3.8) is 0 Å². The Morgan fingerprint density at radius 3 is 3.00 bits per heavy atom. The molecular weight excluding hydrogens is 286 g/mol. The molecule has 2 unspecified atom stereocenters. The van der Waals surface area contributed by atoms with E-state index < -0.39 is 9.84 Å². The van der Waals surface area contributed by atoms with Gasteiger partial charge in [-0.15, -0.1) is 23.1 Å². The maximum atomic E-state index is 11.5. The van der Waals surface area contributed by atoms with Crippen molar-refractivity contribution < 1.29 is 8.42 Å². The van der Waals surface area contributed by atoms with Gasteiger partial charge in [0.25, 0.3) is 0 Å². The van der Waals surface area contributed by atoms with E-state index in [9.17, 15) is 8.42 Å². The van der Waals surface area contributed by atoms with Crippen molar-refractivity contribution in [2.75, 3.05) is 11.5 Å². The van der Waals surface area contributed by atoms with E-state index in [1.807, 2.05) is 11.8 Å². The van der Waals surface area contributed by atoms with Crippen LogP contribution in [0.1, 0.15) is 31.4 Å². The Morgan fingerprint density at radius 1 is 1.44 bits per heavy atom. The molecule has 0 saturated carbocycles. The van der Waals surface area contributed by atoms with Crippen LogP contribution in [-0.4, -0.2) is 31.2 Å². The van der Waals surface area contributed by atoms with Crippen molar-refractivity contribution >= 4 is 32.9 Å². The van der Waals surface area contributed by atoms with E-state index >= 15 is 0 Å². The van der Waals surface area contributed by atoms with Gasteiger partial charge in [0.15, 0.2) is 9.84 Å². The van der Waals surface area contributed by atoms with E-state index in [1.54, 1.807) is 11.3 Å². The molecule has 3 nitrogen and oxygen atoms in total. The summed E-state index contributed by atoms with van der Waals surface area (Å²) < 4.78 is 24.4. The molecule has 1 aromatic heterocycles. The zero-order valence-corrected chi connectivity index (χ0v) is 12.7. The Balaban J connectivity index is 1.75. The summed E-state index contributed by atoms with van der Waals surface area (Å²) >= 11 is 3.74. The first-order valence-electron chi connectivity index (χ1n) is 6.24. The van der Waals surface area contributed by atoms with Gasteiger partial charge in [0.05, 0.1) is 15.7 Å². The SMILES string of the molecule is C[C@H]1CC(NC2CCS(=O)(=O)C2)c2ccsc2S1. The smallest absolute Gasteiger partial charge is 0.151 e. The van der Waals surface area contributed by atoms with Gasteiger partial charge in [-0.2, -0.15) is 0 Å². The Bertz CT molecular complexity index is 537. The lowest BCUT2D eigenvalue weighted by atomic mass is 10.0. The number of rotatable bonds is 2. The Hall–Kier alpha value is -0.0400. The van der Waals surface area contributed by atoms with Gasteiger partial charge in [-0.3, -0.25) is 0 Å². The van der Waals surface area contributed by atoms with Crippen molar-refractivity contribution in [3.05, 3.63) is 17.0 Å². The highest BCUT2D eigenvalue weighted by Crippen LogP contribution is 2.44. The molecule has 0 amide bonds. The molecule has 3 atom stereocenters. The lowest BCUT2D eigenvalue weighted by Crippen LogP contribution is -2.36. The number of hydrogen-bond acceptors (Lipinski definition) is 5. The molecule has 2 aliphatic rings. The third-order valence-corrected chi connectivity index (χ3v) is 7.69. The van der Waals surface area contributed by atoms with Crippen LogP contribution in [0.15, 0.2) is 15.7 Å². The molecule has 1 saturated heterocycles. The first-order valence-corrected chi connectivity index (χ1v) is 9.82. The molecule has 0 aromatic carbocycles. The lowest BCUT2D eigenvalue weighted by molar-refractivity contribution is 0.430. The topological polar surface area (TPSA) is 46.2 Å². The van der Waals surface area contributed by atoms with Crippen molar-refractivity contribution in [1.82, 2.24) is 5.32 Å². The predicted octanol–water partition coefficient (Wildman–Crippen LogP) is 2.45. The van der Waals surface area contributed by atoms with Crippen LogP contribution < -0.4 is 5.32 Å². The molecule has 1 fully saturated rings. The summed E-state index contributed by atoms with van der Waals surface area (Å²) in [7, 11) is -2.79. The summed E-state index contributed by atoms with van der Waals surface area (Å²) in [5.41, 5.74) is 1.37. The van der Waals surface area contributed by atoms with E-state index in [1.165, 1.54) is 9.77 Å². The zero-order valence-electron chi connectivity index (χ0n) is 10.3. The standard InChI is InChI=1S/C12H17NO2S3/c1-8-6-11(10-2-4-16-12(10)17-8)13-9-3-5-18(14,15)7-9/h2,4,8-9,11,13H,3,5-7H2,1H3/t8-,9?,11?/m0/s1. The van der Waals surface area contributed by atoms with Crippen LogP contribution in [0.2, 0.25) is 0 Å². The molecule has 0 radical (unpaired) electrons. The molecule has 1 N–H and O–H groups in total. The van der Waals surface area contributed by atoms with Gasteiger partial charge in [-0.1, -0.05) is 6.92 Å². The second kappa shape index (κ2) is 4.81. The molecule has 0 aliphatic carbocycles. The molecule has 3 rings (SSSR count). The molecule has 1 aromatic rings. The molecule has 0 bridgehead atoms. The average Bonchev–Trinajstić information content (AvgIpc) is 2.84. The fourth-order valence-electron chi connectivity index (χ4n) is 2.72. The quantitative estimate of drug-likeness (QED) is 0.911. The fraction of sp³-hybridized carbons (Fsp3) is 0.667. The number of fused-ring (bicyclic) bond motifs is 1. The maximum Gasteiger partial charge on any atom is 0.151 e. The Morgan fingerprint density at radius 2 is 2.28 bits per heavy atom. The van der Waals surface area contributed by atoms with Gasteiger partial charge in [0.2, 0.25) is 0 Å². The summed E-state index contributed by atoms with van der Waals surface area (Å²) in [4.78, 5) is 0. The highest BCUT2D eigenvalue weighted by molar-refractivity contribution is 8.01. The second-order valence-electron chi connectivity index (χ2n) is 5.15. The second-order valence-corrected chi connectivity index (χ2v) is 10.00. The summed E-state index contributed by atoms with van der Waals surface area (Å²) in [6.07, 6.45) is 1.85. The first-order chi connectivity index (χ1) is 8.53. The summed E-state index contributed by atoms with van der Waals surface area (Å²) in [6.45, 7) is 2.24. The molecule has 100 valence electrons. The molecule has 3 heterocycles. The Labute approximate surface area is 116 Å². The van der Waals surface area contributed by atoms with Crippen molar-refractivity contribution in [1.29, 1.82) is 0 Å². The highest BCUT2D eigenvalue weighted by atomic mass is 32.2. The normalized spacial score (nSPS) is 34.4. The lowest BCUT2D eigenvalue weighted by Gasteiger charge is -2.29. The third-order valence-electron chi connectivity index (χ3n) is 3.58. The number of sulfone groups is 1. The molecule has 18 heavy (non-hydrogen) atoms. The van der Waals surface area contributed by atoms with Gasteiger partial charge >= 0.3 is 0 Å². The minimum Gasteiger partial charge on any atom is -0.306 e. The molecule has 6 heteroatoms. The summed E-state index contributed by atoms with van der Waals surface area (Å²) in [5.74, 6) is 0.655. The van der Waals surface area contributed by atoms with E-state index in [4.69, 9.17) is 0 Å². The van der Waals surface area contributed by atoms with Crippen LogP contribution in [0, 0.1) is 0 Å². The predicted molar refractivity (Wildman–Crippen MR) is 77.2 cm³/mol. The molecule has 0 spiro atoms. The minimum absolute atomic E-state index is 0.142.